The fourth-order valence-electron chi connectivity index (χ4n) is 1.57. The Morgan fingerprint density at radius 2 is 2.05 bits per heavy atom. The van der Waals surface area contributed by atoms with E-state index in [1.54, 1.807) is 6.92 Å². The minimum Gasteiger partial charge on any atom is -0.351 e. The van der Waals surface area contributed by atoms with Gasteiger partial charge >= 0.3 is 0 Å². The standard InChI is InChI=1S/C12H10BrF2N3O2/c1-6-17-10(20-18-6)2-3-16-12(19)11-8(14)4-7(13)5-9(11)15/h4-5H,2-3H2,1H3,(H,16,19). The maximum Gasteiger partial charge on any atom is 0.257 e. The van der Waals surface area contributed by atoms with E-state index in [2.05, 4.69) is 31.4 Å². The highest BCUT2D eigenvalue weighted by Gasteiger charge is 2.18. The Bertz CT molecular complexity index is 622. The van der Waals surface area contributed by atoms with Crippen molar-refractivity contribution in [3.63, 3.8) is 0 Å². The van der Waals surface area contributed by atoms with Crippen LogP contribution in [-0.2, 0) is 6.42 Å². The molecular weight excluding hydrogens is 336 g/mol. The van der Waals surface area contributed by atoms with Crippen molar-refractivity contribution in [3.05, 3.63) is 45.5 Å². The van der Waals surface area contributed by atoms with Gasteiger partial charge in [-0.05, 0) is 19.1 Å². The minimum absolute atomic E-state index is 0.134. The number of carbonyl (C=O) groups is 1. The van der Waals surface area contributed by atoms with E-state index in [4.69, 9.17) is 4.52 Å². The smallest absolute Gasteiger partial charge is 0.257 e. The zero-order valence-corrected chi connectivity index (χ0v) is 12.0. The average Bonchev–Trinajstić information content (AvgIpc) is 2.73. The van der Waals surface area contributed by atoms with Crippen LogP contribution in [0.15, 0.2) is 21.1 Å². The highest BCUT2D eigenvalue weighted by Crippen LogP contribution is 2.19. The van der Waals surface area contributed by atoms with E-state index < -0.39 is 23.1 Å². The summed E-state index contributed by atoms with van der Waals surface area (Å²) in [6.45, 7) is 1.80. The lowest BCUT2D eigenvalue weighted by atomic mass is 10.2. The number of amides is 1. The minimum atomic E-state index is -0.928. The number of rotatable bonds is 4. The molecule has 20 heavy (non-hydrogen) atoms. The molecule has 0 aliphatic rings. The topological polar surface area (TPSA) is 68.0 Å². The van der Waals surface area contributed by atoms with Gasteiger partial charge in [0.15, 0.2) is 5.82 Å². The van der Waals surface area contributed by atoms with Crippen molar-refractivity contribution in [1.82, 2.24) is 15.5 Å². The Morgan fingerprint density at radius 1 is 1.40 bits per heavy atom. The maximum absolute atomic E-state index is 13.5. The van der Waals surface area contributed by atoms with E-state index in [1.807, 2.05) is 0 Å². The van der Waals surface area contributed by atoms with E-state index >= 15 is 0 Å². The number of aryl methyl sites for hydroxylation is 1. The van der Waals surface area contributed by atoms with E-state index in [0.717, 1.165) is 12.1 Å². The van der Waals surface area contributed by atoms with Gasteiger partial charge in [0.2, 0.25) is 5.89 Å². The fourth-order valence-corrected chi connectivity index (χ4v) is 1.97. The number of benzene rings is 1. The van der Waals surface area contributed by atoms with E-state index in [9.17, 15) is 13.6 Å². The van der Waals surface area contributed by atoms with Gasteiger partial charge in [0, 0.05) is 17.4 Å². The SMILES string of the molecule is Cc1noc(CCNC(=O)c2c(F)cc(Br)cc2F)n1. The largest absolute Gasteiger partial charge is 0.351 e. The lowest BCUT2D eigenvalue weighted by Gasteiger charge is -2.06. The first kappa shape index (κ1) is 14.6. The Labute approximate surface area is 121 Å². The molecule has 0 spiro atoms. The maximum atomic E-state index is 13.5. The summed E-state index contributed by atoms with van der Waals surface area (Å²) in [6.07, 6.45) is 0.284. The summed E-state index contributed by atoms with van der Waals surface area (Å²) in [5.74, 6) is -1.86. The second-order valence-electron chi connectivity index (χ2n) is 3.99. The molecule has 2 rings (SSSR count). The Kier molecular flexibility index (Phi) is 4.43. The van der Waals surface area contributed by atoms with E-state index in [1.165, 1.54) is 0 Å². The van der Waals surface area contributed by atoms with Crippen LogP contribution in [0.25, 0.3) is 0 Å². The number of nitrogens with one attached hydrogen (secondary N) is 1. The van der Waals surface area contributed by atoms with Crippen molar-refractivity contribution in [1.29, 1.82) is 0 Å². The highest BCUT2D eigenvalue weighted by atomic mass is 79.9. The zero-order chi connectivity index (χ0) is 14.7. The highest BCUT2D eigenvalue weighted by molar-refractivity contribution is 9.10. The second-order valence-corrected chi connectivity index (χ2v) is 4.90. The molecule has 0 fully saturated rings. The van der Waals surface area contributed by atoms with Crippen LogP contribution in [0.4, 0.5) is 8.78 Å². The van der Waals surface area contributed by atoms with Crippen LogP contribution < -0.4 is 5.32 Å². The van der Waals surface area contributed by atoms with Crippen LogP contribution in [0, 0.1) is 18.6 Å². The van der Waals surface area contributed by atoms with Crippen molar-refractivity contribution in [2.24, 2.45) is 0 Å². The van der Waals surface area contributed by atoms with Gasteiger partial charge in [-0.3, -0.25) is 4.79 Å². The predicted octanol–water partition coefficient (Wildman–Crippen LogP) is 2.39. The molecule has 1 N–H and O–H groups in total. The van der Waals surface area contributed by atoms with Crippen molar-refractivity contribution in [2.75, 3.05) is 6.54 Å². The van der Waals surface area contributed by atoms with Crippen LogP contribution in [0.2, 0.25) is 0 Å². The summed E-state index contributed by atoms with van der Waals surface area (Å²) < 4.78 is 32.2. The van der Waals surface area contributed by atoms with Crippen LogP contribution in [0.3, 0.4) is 0 Å². The van der Waals surface area contributed by atoms with Crippen molar-refractivity contribution >= 4 is 21.8 Å². The Balaban J connectivity index is 1.98. The summed E-state index contributed by atoms with van der Waals surface area (Å²) in [5, 5.41) is 5.98. The molecule has 106 valence electrons. The third kappa shape index (κ3) is 3.38. The number of aromatic nitrogens is 2. The number of halogens is 3. The van der Waals surface area contributed by atoms with Crippen LogP contribution in [0.5, 0.6) is 0 Å². The number of nitrogens with zero attached hydrogens (tertiary/aromatic N) is 2. The quantitative estimate of drug-likeness (QED) is 0.923. The summed E-state index contributed by atoms with van der Waals surface area (Å²) in [5.41, 5.74) is -0.616. The molecule has 1 amide bonds. The molecule has 0 saturated carbocycles. The third-order valence-corrected chi connectivity index (χ3v) is 2.89. The van der Waals surface area contributed by atoms with Gasteiger partial charge in [-0.2, -0.15) is 4.98 Å². The molecule has 1 aromatic carbocycles. The molecule has 0 aliphatic carbocycles. The molecule has 1 heterocycles. The molecule has 0 aliphatic heterocycles. The molecule has 0 saturated heterocycles. The lowest BCUT2D eigenvalue weighted by Crippen LogP contribution is -2.27. The Hall–Kier alpha value is -1.83. The fraction of sp³-hybridized carbons (Fsp3) is 0.250. The van der Waals surface area contributed by atoms with Gasteiger partial charge in [-0.25, -0.2) is 8.78 Å². The summed E-state index contributed by atoms with van der Waals surface area (Å²) >= 11 is 2.94. The first-order chi connectivity index (χ1) is 9.47. The van der Waals surface area contributed by atoms with Gasteiger partial charge in [-0.1, -0.05) is 21.1 Å². The molecule has 0 unspecified atom stereocenters. The molecule has 2 aromatic rings. The normalized spacial score (nSPS) is 10.6. The lowest BCUT2D eigenvalue weighted by molar-refractivity contribution is 0.0945. The van der Waals surface area contributed by atoms with Crippen molar-refractivity contribution in [3.8, 4) is 0 Å². The summed E-state index contributed by atoms with van der Waals surface area (Å²) in [6, 6.07) is 2.05. The predicted molar refractivity (Wildman–Crippen MR) is 69.1 cm³/mol. The first-order valence-corrected chi connectivity index (χ1v) is 6.48. The van der Waals surface area contributed by atoms with Gasteiger partial charge < -0.3 is 9.84 Å². The van der Waals surface area contributed by atoms with Crippen LogP contribution >= 0.6 is 15.9 Å². The molecule has 5 nitrogen and oxygen atoms in total. The molecule has 0 radical (unpaired) electrons. The number of hydrogen-bond donors (Lipinski definition) is 1. The number of carbonyl (C=O) groups excluding carboxylic acids is 1. The van der Waals surface area contributed by atoms with Crippen LogP contribution in [-0.4, -0.2) is 22.6 Å². The number of hydrogen-bond acceptors (Lipinski definition) is 4. The van der Waals surface area contributed by atoms with Crippen LogP contribution in [0.1, 0.15) is 22.1 Å². The molecule has 1 aromatic heterocycles. The zero-order valence-electron chi connectivity index (χ0n) is 10.4. The summed E-state index contributed by atoms with van der Waals surface area (Å²) in [7, 11) is 0. The van der Waals surface area contributed by atoms with E-state index in [-0.39, 0.29) is 17.4 Å². The van der Waals surface area contributed by atoms with Crippen molar-refractivity contribution < 1.29 is 18.1 Å². The van der Waals surface area contributed by atoms with Gasteiger partial charge in [0.25, 0.3) is 5.91 Å². The van der Waals surface area contributed by atoms with Gasteiger partial charge in [0.1, 0.15) is 17.2 Å². The first-order valence-electron chi connectivity index (χ1n) is 5.69. The molecular formula is C12H10BrF2N3O2. The van der Waals surface area contributed by atoms with E-state index in [0.29, 0.717) is 11.7 Å². The second kappa shape index (κ2) is 6.08. The van der Waals surface area contributed by atoms with Gasteiger partial charge in [0.05, 0.1) is 0 Å². The average molecular weight is 346 g/mol. The molecule has 0 bridgehead atoms. The molecule has 0 atom stereocenters. The van der Waals surface area contributed by atoms with Crippen molar-refractivity contribution in [2.45, 2.75) is 13.3 Å². The monoisotopic (exact) mass is 345 g/mol. The summed E-state index contributed by atoms with van der Waals surface area (Å²) in [4.78, 5) is 15.7. The third-order valence-electron chi connectivity index (χ3n) is 2.43. The molecule has 8 heteroatoms. The Morgan fingerprint density at radius 3 is 2.60 bits per heavy atom. The van der Waals surface area contributed by atoms with Gasteiger partial charge in [-0.15, -0.1) is 0 Å².